The summed E-state index contributed by atoms with van der Waals surface area (Å²) in [5, 5.41) is 13.1. The fourth-order valence-electron chi connectivity index (χ4n) is 2.55. The maximum Gasteiger partial charge on any atom is 0.345 e. The van der Waals surface area contributed by atoms with Crippen LogP contribution in [-0.4, -0.2) is 27.7 Å². The van der Waals surface area contributed by atoms with Crippen molar-refractivity contribution in [1.29, 1.82) is 0 Å². The summed E-state index contributed by atoms with van der Waals surface area (Å²) < 4.78 is 0. The monoisotopic (exact) mass is 420 g/mol. The van der Waals surface area contributed by atoms with Gasteiger partial charge in [0.2, 0.25) is 0 Å². The van der Waals surface area contributed by atoms with Crippen molar-refractivity contribution in [3.05, 3.63) is 51.7 Å². The Balaban J connectivity index is 2.18. The highest BCUT2D eigenvalue weighted by atomic mass is 32.1. The van der Waals surface area contributed by atoms with Gasteiger partial charge >= 0.3 is 11.0 Å². The van der Waals surface area contributed by atoms with E-state index >= 15 is 0 Å². The molecule has 0 saturated carbocycles. The number of aromatic nitrogens is 1. The van der Waals surface area contributed by atoms with E-state index in [1.54, 1.807) is 25.1 Å². The van der Waals surface area contributed by atoms with Crippen LogP contribution in [0.3, 0.4) is 0 Å². The van der Waals surface area contributed by atoms with Gasteiger partial charge in [-0.05, 0) is 35.8 Å². The summed E-state index contributed by atoms with van der Waals surface area (Å²) in [6, 6.07) is 6.44. The molecule has 154 valence electrons. The molecule has 0 bridgehead atoms. The number of amides is 2. The third kappa shape index (κ3) is 5.82. The van der Waals surface area contributed by atoms with Gasteiger partial charge in [-0.2, -0.15) is 5.48 Å². The molecule has 0 aliphatic rings. The van der Waals surface area contributed by atoms with Crippen molar-refractivity contribution in [2.45, 2.75) is 39.0 Å². The average Bonchev–Trinajstić information content (AvgIpc) is 3.16. The molecule has 29 heavy (non-hydrogen) atoms. The summed E-state index contributed by atoms with van der Waals surface area (Å²) in [5.41, 5.74) is 2.72. The molecule has 1 heterocycles. The van der Waals surface area contributed by atoms with Crippen molar-refractivity contribution < 1.29 is 24.1 Å². The van der Waals surface area contributed by atoms with Crippen molar-refractivity contribution in [3.8, 4) is 0 Å². The predicted molar refractivity (Wildman–Crippen MR) is 105 cm³/mol. The third-order valence-corrected chi connectivity index (χ3v) is 4.77. The first kappa shape index (κ1) is 22.0. The number of nitro groups is 1. The first-order valence-electron chi connectivity index (χ1n) is 8.87. The normalized spacial score (nSPS) is 11.4. The first-order valence-corrected chi connectivity index (χ1v) is 9.69. The maximum absolute atomic E-state index is 12.7. The fourth-order valence-corrected chi connectivity index (χ4v) is 3.18. The molecule has 1 aromatic heterocycles. The quantitative estimate of drug-likeness (QED) is 0.493. The zero-order chi connectivity index (χ0) is 21.4. The Morgan fingerprint density at radius 3 is 2.62 bits per heavy atom. The Kier molecular flexibility index (Phi) is 7.78. The number of hydrogen-bond acceptors (Lipinski definition) is 8. The van der Waals surface area contributed by atoms with Crippen molar-refractivity contribution in [3.63, 3.8) is 0 Å². The van der Waals surface area contributed by atoms with Crippen LogP contribution < -0.4 is 10.8 Å². The van der Waals surface area contributed by atoms with Crippen LogP contribution in [0, 0.1) is 10.1 Å². The molecule has 0 radical (unpaired) electrons. The number of rotatable bonds is 8. The number of hydrogen-bond donors (Lipinski definition) is 2. The summed E-state index contributed by atoms with van der Waals surface area (Å²) in [6.07, 6.45) is 2.22. The fraction of sp³-hybridized carbons (Fsp3) is 0.333. The van der Waals surface area contributed by atoms with E-state index in [4.69, 9.17) is 4.84 Å². The van der Waals surface area contributed by atoms with Gasteiger partial charge in [-0.3, -0.25) is 25.0 Å². The molecule has 0 saturated heterocycles. The van der Waals surface area contributed by atoms with E-state index in [0.29, 0.717) is 18.4 Å². The molecule has 0 aliphatic carbocycles. The summed E-state index contributed by atoms with van der Waals surface area (Å²) in [5.74, 6) is -2.45. The van der Waals surface area contributed by atoms with Crippen LogP contribution in [-0.2, 0) is 14.4 Å². The lowest BCUT2D eigenvalue weighted by Crippen LogP contribution is -2.30. The molecule has 1 aromatic carbocycles. The number of nitrogens with one attached hydrogen (secondary N) is 2. The molecular weight excluding hydrogens is 400 g/mol. The van der Waals surface area contributed by atoms with Gasteiger partial charge in [0.1, 0.15) is 6.20 Å². The second-order valence-corrected chi connectivity index (χ2v) is 6.97. The molecule has 1 atom stereocenters. The molecule has 11 heteroatoms. The number of nitrogens with zero attached hydrogens (tertiary/aromatic N) is 2. The Morgan fingerprint density at radius 2 is 2.00 bits per heavy atom. The molecule has 2 rings (SSSR count). The van der Waals surface area contributed by atoms with Gasteiger partial charge in [0.15, 0.2) is 5.13 Å². The van der Waals surface area contributed by atoms with Crippen LogP contribution in [0.5, 0.6) is 0 Å². The van der Waals surface area contributed by atoms with E-state index in [2.05, 4.69) is 15.8 Å². The second kappa shape index (κ2) is 10.3. The molecule has 2 N–H and O–H groups in total. The predicted octanol–water partition coefficient (Wildman–Crippen LogP) is 3.17. The van der Waals surface area contributed by atoms with Gasteiger partial charge in [0.05, 0.1) is 10.8 Å². The number of benzene rings is 1. The van der Waals surface area contributed by atoms with Crippen molar-refractivity contribution in [2.24, 2.45) is 0 Å². The molecule has 0 aliphatic heterocycles. The van der Waals surface area contributed by atoms with E-state index in [9.17, 15) is 24.5 Å². The van der Waals surface area contributed by atoms with Gasteiger partial charge < -0.3 is 4.84 Å². The lowest BCUT2D eigenvalue weighted by molar-refractivity contribution is -0.380. The Hall–Kier alpha value is -3.34. The van der Waals surface area contributed by atoms with Crippen LogP contribution >= 0.6 is 11.3 Å². The third-order valence-electron chi connectivity index (χ3n) is 3.91. The second-order valence-electron chi connectivity index (χ2n) is 5.96. The standard InChI is InChI=1S/C18H20N4O6S/c1-3-7-14(23)21-28-17(25)11(4-2)12-8-5-6-9-13(12)16(24)20-18-19-10-15(29-18)22(26)27/h5-6,8-11H,3-4,7H2,1-2H3,(H,21,23)(H,19,20,24). The van der Waals surface area contributed by atoms with Crippen LogP contribution in [0.1, 0.15) is 54.9 Å². The Morgan fingerprint density at radius 1 is 1.28 bits per heavy atom. The lowest BCUT2D eigenvalue weighted by atomic mass is 9.92. The molecule has 1 unspecified atom stereocenters. The maximum atomic E-state index is 12.7. The number of hydroxylamine groups is 1. The molecule has 10 nitrogen and oxygen atoms in total. The smallest absolute Gasteiger partial charge is 0.340 e. The molecular formula is C18H20N4O6S. The molecule has 2 amide bonds. The largest absolute Gasteiger partial charge is 0.345 e. The minimum absolute atomic E-state index is 0.0685. The first-order chi connectivity index (χ1) is 13.9. The van der Waals surface area contributed by atoms with E-state index in [1.165, 1.54) is 6.07 Å². The van der Waals surface area contributed by atoms with Crippen molar-refractivity contribution in [1.82, 2.24) is 10.5 Å². The summed E-state index contributed by atoms with van der Waals surface area (Å²) >= 11 is 0.725. The minimum Gasteiger partial charge on any atom is -0.340 e. The number of carbonyl (C=O) groups is 3. The number of anilines is 1. The van der Waals surface area contributed by atoms with Crippen LogP contribution in [0.25, 0.3) is 0 Å². The lowest BCUT2D eigenvalue weighted by Gasteiger charge is -2.17. The SMILES string of the molecule is CCCC(=O)NOC(=O)C(CC)c1ccccc1C(=O)Nc1ncc([N+](=O)[O-])s1. The number of carbonyl (C=O) groups excluding carboxylic acids is 3. The minimum atomic E-state index is -0.787. The van der Waals surface area contributed by atoms with E-state index in [1.807, 2.05) is 6.92 Å². The van der Waals surface area contributed by atoms with Gasteiger partial charge in [-0.15, -0.1) is 0 Å². The van der Waals surface area contributed by atoms with E-state index in [0.717, 1.165) is 17.5 Å². The molecule has 0 fully saturated rings. The zero-order valence-electron chi connectivity index (χ0n) is 15.8. The Bertz CT molecular complexity index is 913. The summed E-state index contributed by atoms with van der Waals surface area (Å²) in [4.78, 5) is 55.5. The highest BCUT2D eigenvalue weighted by molar-refractivity contribution is 7.18. The van der Waals surface area contributed by atoms with Crippen molar-refractivity contribution in [2.75, 3.05) is 5.32 Å². The highest BCUT2D eigenvalue weighted by Crippen LogP contribution is 2.28. The van der Waals surface area contributed by atoms with Crippen LogP contribution in [0.4, 0.5) is 10.1 Å². The van der Waals surface area contributed by atoms with Gasteiger partial charge in [-0.25, -0.2) is 9.78 Å². The van der Waals surface area contributed by atoms with Crippen LogP contribution in [0.2, 0.25) is 0 Å². The molecule has 0 spiro atoms. The topological polar surface area (TPSA) is 141 Å². The van der Waals surface area contributed by atoms with Crippen LogP contribution in [0.15, 0.2) is 30.5 Å². The van der Waals surface area contributed by atoms with Gasteiger partial charge in [0.25, 0.3) is 11.8 Å². The van der Waals surface area contributed by atoms with Crippen molar-refractivity contribution >= 4 is 39.3 Å². The summed E-state index contributed by atoms with van der Waals surface area (Å²) in [6.45, 7) is 3.57. The molecule has 2 aromatic rings. The van der Waals surface area contributed by atoms with Gasteiger partial charge in [0, 0.05) is 12.0 Å². The average molecular weight is 420 g/mol. The zero-order valence-corrected chi connectivity index (χ0v) is 16.7. The van der Waals surface area contributed by atoms with Gasteiger partial charge in [-0.1, -0.05) is 32.0 Å². The van der Waals surface area contributed by atoms with E-state index in [-0.39, 0.29) is 22.1 Å². The number of thiazole rings is 1. The Labute approximate surface area is 170 Å². The van der Waals surface area contributed by atoms with E-state index < -0.39 is 28.6 Å². The summed E-state index contributed by atoms with van der Waals surface area (Å²) in [7, 11) is 0. The highest BCUT2D eigenvalue weighted by Gasteiger charge is 2.26.